The molecular weight excluding hydrogens is 227 g/mol. The number of amides is 1. The third-order valence-electron chi connectivity index (χ3n) is 1.53. The Kier molecular flexibility index (Phi) is 3.67. The molecule has 0 aromatic heterocycles. The van der Waals surface area contributed by atoms with Gasteiger partial charge in [0, 0.05) is 9.30 Å². The van der Waals surface area contributed by atoms with Gasteiger partial charge in [-0.2, -0.15) is 0 Å². The Morgan fingerprint density at radius 2 is 2.06 bits per heavy atom. The van der Waals surface area contributed by atoms with Gasteiger partial charge >= 0.3 is 12.1 Å². The van der Waals surface area contributed by atoms with Crippen LogP contribution in [0.2, 0.25) is 0 Å². The fraction of sp³-hybridized carbons (Fsp3) is 0.818. The lowest BCUT2D eigenvalue weighted by Crippen LogP contribution is -2.44. The van der Waals surface area contributed by atoms with E-state index in [-0.39, 0.29) is 0 Å². The number of carbonyl (C=O) groups excluding carboxylic acids is 1. The van der Waals surface area contributed by atoms with Gasteiger partial charge in [-0.3, -0.25) is 0 Å². The van der Waals surface area contributed by atoms with Crippen molar-refractivity contribution in [1.82, 2.24) is 5.32 Å². The molecule has 6 heteroatoms. The number of nitrogens with one attached hydrogen (secondary N) is 1. The molecule has 0 saturated heterocycles. The molecule has 0 unspecified atom stereocenters. The van der Waals surface area contributed by atoms with E-state index in [1.165, 1.54) is 0 Å². The zero-order valence-corrected chi connectivity index (χ0v) is 10.3. The molecule has 0 aliphatic rings. The summed E-state index contributed by atoms with van der Waals surface area (Å²) < 4.78 is 34.4. The number of alkyl carbamates (subject to hydrolysis) is 1. The minimum atomic E-state index is -3.12. The first-order valence-electron chi connectivity index (χ1n) is 7.04. The lowest BCUT2D eigenvalue weighted by Gasteiger charge is -2.22. The lowest BCUT2D eigenvalue weighted by atomic mass is 10.1. The molecule has 3 atom stereocenters. The van der Waals surface area contributed by atoms with E-state index in [0.717, 1.165) is 6.92 Å². The predicted molar refractivity (Wildman–Crippen MR) is 61.7 cm³/mol. The molecule has 6 nitrogen and oxygen atoms in total. The van der Waals surface area contributed by atoms with Gasteiger partial charge in [0.1, 0.15) is 11.6 Å². The van der Waals surface area contributed by atoms with E-state index in [4.69, 9.17) is 15.3 Å². The van der Waals surface area contributed by atoms with Crippen molar-refractivity contribution in [3.05, 3.63) is 0 Å². The van der Waals surface area contributed by atoms with E-state index in [9.17, 15) is 14.7 Å². The molecule has 0 aliphatic carbocycles. The number of aliphatic hydroxyl groups is 1. The summed E-state index contributed by atoms with van der Waals surface area (Å²) >= 11 is 0. The Labute approximate surface area is 107 Å². The molecule has 0 fully saturated rings. The number of carbonyl (C=O) groups is 2. The number of ether oxygens (including phenoxy) is 1. The van der Waals surface area contributed by atoms with Crippen LogP contribution in [0.15, 0.2) is 0 Å². The van der Waals surface area contributed by atoms with Gasteiger partial charge < -0.3 is 20.3 Å². The van der Waals surface area contributed by atoms with E-state index >= 15 is 0 Å². The summed E-state index contributed by atoms with van der Waals surface area (Å²) in [5.41, 5.74) is -0.888. The molecule has 0 aromatic rings. The third-order valence-corrected chi connectivity index (χ3v) is 1.53. The van der Waals surface area contributed by atoms with Gasteiger partial charge in [0.15, 0.2) is 0 Å². The van der Waals surface area contributed by atoms with E-state index in [0.29, 0.717) is 0 Å². The van der Waals surface area contributed by atoms with Crippen molar-refractivity contribution < 1.29 is 30.0 Å². The van der Waals surface area contributed by atoms with Crippen molar-refractivity contribution in [1.29, 1.82) is 0 Å². The Morgan fingerprint density at radius 3 is 2.41 bits per heavy atom. The maximum absolute atomic E-state index is 11.6. The number of carboxylic acid groups (broad SMARTS) is 1. The average molecular weight is 252 g/mol. The molecule has 0 aromatic carbocycles. The highest BCUT2D eigenvalue weighted by molar-refractivity contribution is 5.79. The van der Waals surface area contributed by atoms with Gasteiger partial charge in [0.25, 0.3) is 0 Å². The summed E-state index contributed by atoms with van der Waals surface area (Å²) in [6.07, 6.45) is -3.08. The first kappa shape index (κ1) is 9.70. The second-order valence-electron chi connectivity index (χ2n) is 4.42. The Bertz CT molecular complexity index is 402. The number of hydrogen-bond acceptors (Lipinski definition) is 4. The molecule has 0 rings (SSSR count). The molecule has 100 valence electrons. The van der Waals surface area contributed by atoms with E-state index < -0.39 is 42.6 Å². The van der Waals surface area contributed by atoms with Gasteiger partial charge in [-0.25, -0.2) is 9.59 Å². The molecule has 0 bridgehead atoms. The Balaban J connectivity index is 5.18. The maximum atomic E-state index is 11.6. The summed E-state index contributed by atoms with van der Waals surface area (Å²) in [6.45, 7) is 2.42. The quantitative estimate of drug-likeness (QED) is 0.634. The van der Waals surface area contributed by atoms with E-state index in [1.54, 1.807) is 20.8 Å². The van der Waals surface area contributed by atoms with Crippen molar-refractivity contribution in [3.8, 4) is 0 Å². The summed E-state index contributed by atoms with van der Waals surface area (Å²) in [6, 6.07) is -1.91. The van der Waals surface area contributed by atoms with Crippen molar-refractivity contribution in [2.45, 2.75) is 45.7 Å². The van der Waals surface area contributed by atoms with Gasteiger partial charge in [0.05, 0.1) is 2.74 Å². The van der Waals surface area contributed by atoms with E-state index in [1.807, 2.05) is 5.32 Å². The molecular formula is C11H21NO5. The number of carboxylic acids is 1. The first-order valence-corrected chi connectivity index (χ1v) is 4.96. The zero-order valence-electron chi connectivity index (χ0n) is 14.3. The molecule has 0 aliphatic heterocycles. The Morgan fingerprint density at radius 1 is 1.53 bits per heavy atom. The van der Waals surface area contributed by atoms with Crippen LogP contribution in [0, 0.1) is 5.89 Å². The third kappa shape index (κ3) is 7.57. The highest BCUT2D eigenvalue weighted by Crippen LogP contribution is 2.09. The minimum Gasteiger partial charge on any atom is -0.480 e. The minimum absolute atomic E-state index is 0.872. The summed E-state index contributed by atoms with van der Waals surface area (Å²) in [7, 11) is 0. The highest BCUT2D eigenvalue weighted by atomic mass is 16.6. The van der Waals surface area contributed by atoms with Crippen LogP contribution < -0.4 is 5.32 Å². The van der Waals surface area contributed by atoms with Crippen LogP contribution in [-0.2, 0) is 9.53 Å². The molecule has 0 saturated carbocycles. The van der Waals surface area contributed by atoms with Crippen molar-refractivity contribution in [3.63, 3.8) is 0 Å². The maximum Gasteiger partial charge on any atom is 0.408 e. The van der Waals surface area contributed by atoms with Crippen LogP contribution in [0.25, 0.3) is 0 Å². The predicted octanol–water partition coefficient (Wildman–Crippen LogP) is 0.983. The SMILES string of the molecule is [2H][C@H]([C@H](NC(=O)OC(C)(C)C)C(=O)O)[C@]([2H])([13CH3])C([2H])([2H])O. The molecule has 0 heterocycles. The number of hydrogen-bond donors (Lipinski definition) is 3. The van der Waals surface area contributed by atoms with Crippen molar-refractivity contribution in [2.24, 2.45) is 5.89 Å². The summed E-state index contributed by atoms with van der Waals surface area (Å²) in [5.74, 6) is -4.12. The van der Waals surface area contributed by atoms with Crippen LogP contribution in [0.4, 0.5) is 4.79 Å². The second kappa shape index (κ2) is 6.44. The largest absolute Gasteiger partial charge is 0.480 e. The van der Waals surface area contributed by atoms with Gasteiger partial charge in [0.2, 0.25) is 0 Å². The Hall–Kier alpha value is -1.30. The fourth-order valence-corrected chi connectivity index (χ4v) is 0.896. The number of aliphatic carboxylic acids is 1. The zero-order chi connectivity index (χ0) is 17.2. The van der Waals surface area contributed by atoms with Crippen LogP contribution in [0.1, 0.15) is 39.6 Å². The summed E-state index contributed by atoms with van der Waals surface area (Å²) in [4.78, 5) is 22.7. The molecule has 0 radical (unpaired) electrons. The highest BCUT2D eigenvalue weighted by Gasteiger charge is 2.25. The summed E-state index contributed by atoms with van der Waals surface area (Å²) in [5, 5.41) is 20.2. The van der Waals surface area contributed by atoms with Gasteiger partial charge in [-0.1, -0.05) is 6.92 Å². The molecule has 17 heavy (non-hydrogen) atoms. The average Bonchev–Trinajstić information content (AvgIpc) is 2.20. The standard InChI is InChI=1S/C11H21NO5/c1-7(6-13)5-8(9(14)15)12-10(16)17-11(2,3)4/h7-8,13H,5-6H2,1-4H3,(H,12,16)(H,14,15)/t7-,8-/m0/s1/i1+1,5D,6D2,7D/t5-,7-,8-. The first-order chi connectivity index (χ1) is 9.09. The van der Waals surface area contributed by atoms with E-state index in [2.05, 4.69) is 0 Å². The monoisotopic (exact) mass is 252 g/mol. The fourth-order valence-electron chi connectivity index (χ4n) is 0.896. The van der Waals surface area contributed by atoms with Gasteiger partial charge in [-0.15, -0.1) is 0 Å². The van der Waals surface area contributed by atoms with Crippen LogP contribution >= 0.6 is 0 Å². The lowest BCUT2D eigenvalue weighted by molar-refractivity contribution is -0.140. The van der Waals surface area contributed by atoms with Crippen LogP contribution in [-0.4, -0.2) is 40.5 Å². The van der Waals surface area contributed by atoms with Gasteiger partial charge in [-0.05, 0) is 33.1 Å². The normalized spacial score (nSPS) is 22.9. The number of rotatable bonds is 5. The smallest absolute Gasteiger partial charge is 0.408 e. The van der Waals surface area contributed by atoms with Crippen molar-refractivity contribution in [2.75, 3.05) is 6.56 Å². The topological polar surface area (TPSA) is 95.9 Å². The molecule has 1 amide bonds. The molecule has 3 N–H and O–H groups in total. The second-order valence-corrected chi connectivity index (χ2v) is 4.42. The van der Waals surface area contributed by atoms with Crippen molar-refractivity contribution >= 4 is 12.1 Å². The van der Waals surface area contributed by atoms with Crippen LogP contribution in [0.5, 0.6) is 0 Å². The van der Waals surface area contributed by atoms with Crippen LogP contribution in [0.3, 0.4) is 0 Å². The molecule has 0 spiro atoms.